The lowest BCUT2D eigenvalue weighted by atomic mass is 10.0. The highest BCUT2D eigenvalue weighted by molar-refractivity contribution is 4.95. The van der Waals surface area contributed by atoms with Crippen molar-refractivity contribution in [3.63, 3.8) is 0 Å². The minimum atomic E-state index is -0.135. The van der Waals surface area contributed by atoms with Crippen LogP contribution in [0.1, 0.15) is 40.5 Å². The fourth-order valence-electron chi connectivity index (χ4n) is 1.63. The summed E-state index contributed by atoms with van der Waals surface area (Å²) in [5.41, 5.74) is -0.271. The number of nitrogens with zero attached hydrogens (tertiary/aromatic N) is 1. The molecule has 0 N–H and O–H groups in total. The third-order valence-corrected chi connectivity index (χ3v) is 2.45. The normalized spacial score (nSPS) is 30.9. The van der Waals surface area contributed by atoms with Gasteiger partial charge in [0.05, 0.1) is 0 Å². The predicted octanol–water partition coefficient (Wildman–Crippen LogP) is 1.98. The zero-order valence-electron chi connectivity index (χ0n) is 7.27. The van der Waals surface area contributed by atoms with Gasteiger partial charge in [-0.05, 0) is 40.5 Å². The summed E-state index contributed by atoms with van der Waals surface area (Å²) < 4.78 is 0. The van der Waals surface area contributed by atoms with E-state index in [2.05, 4.69) is 0 Å². The number of hydrogen-bond donors (Lipinski definition) is 0. The summed E-state index contributed by atoms with van der Waals surface area (Å²) in [5, 5.41) is 12.7. The highest BCUT2D eigenvalue weighted by Crippen LogP contribution is 2.38. The van der Waals surface area contributed by atoms with Gasteiger partial charge in [-0.25, -0.2) is 0 Å². The lowest BCUT2D eigenvalue weighted by molar-refractivity contribution is -0.244. The van der Waals surface area contributed by atoms with E-state index in [9.17, 15) is 5.21 Å². The molecule has 0 spiro atoms. The zero-order chi connectivity index (χ0) is 7.99. The van der Waals surface area contributed by atoms with E-state index in [1.54, 1.807) is 0 Å². The first-order valence-electron chi connectivity index (χ1n) is 3.84. The van der Waals surface area contributed by atoms with Crippen LogP contribution in [0, 0.1) is 0 Å². The van der Waals surface area contributed by atoms with E-state index in [4.69, 9.17) is 0 Å². The average Bonchev–Trinajstić information content (AvgIpc) is 1.95. The van der Waals surface area contributed by atoms with Crippen LogP contribution in [-0.4, -0.2) is 16.1 Å². The molecule has 0 aromatic carbocycles. The van der Waals surface area contributed by atoms with E-state index < -0.39 is 0 Å². The molecular formula is C8H16NO. The summed E-state index contributed by atoms with van der Waals surface area (Å²) in [4.78, 5) is 0. The van der Waals surface area contributed by atoms with Gasteiger partial charge >= 0.3 is 0 Å². The molecule has 0 aromatic heterocycles. The molecule has 1 aliphatic heterocycles. The Hall–Kier alpha value is -0.0800. The van der Waals surface area contributed by atoms with Crippen molar-refractivity contribution in [3.8, 4) is 0 Å². The molecule has 2 nitrogen and oxygen atoms in total. The second kappa shape index (κ2) is 1.95. The maximum atomic E-state index is 11.5. The Bertz CT molecular complexity index is 124. The Labute approximate surface area is 62.8 Å². The fourth-order valence-corrected chi connectivity index (χ4v) is 1.63. The van der Waals surface area contributed by atoms with Crippen LogP contribution in [0.3, 0.4) is 0 Å². The largest absolute Gasteiger partial charge is 0.144 e. The molecular weight excluding hydrogens is 126 g/mol. The zero-order valence-corrected chi connectivity index (χ0v) is 7.27. The molecule has 1 radical (unpaired) electrons. The van der Waals surface area contributed by atoms with Gasteiger partial charge < -0.3 is 0 Å². The summed E-state index contributed by atoms with van der Waals surface area (Å²) >= 11 is 0. The SMILES string of the molecule is CC1(C)CCC(C)(C)N1[O]. The van der Waals surface area contributed by atoms with Crippen LogP contribution in [0.15, 0.2) is 0 Å². The summed E-state index contributed by atoms with van der Waals surface area (Å²) in [5.74, 6) is 0. The molecule has 1 fully saturated rings. The van der Waals surface area contributed by atoms with Gasteiger partial charge in [0.2, 0.25) is 0 Å². The Morgan fingerprint density at radius 3 is 1.40 bits per heavy atom. The first-order valence-corrected chi connectivity index (χ1v) is 3.84. The van der Waals surface area contributed by atoms with E-state index in [0.29, 0.717) is 0 Å². The smallest absolute Gasteiger partial charge is 0.0444 e. The van der Waals surface area contributed by atoms with Crippen LogP contribution in [-0.2, 0) is 5.21 Å². The summed E-state index contributed by atoms with van der Waals surface area (Å²) in [6.45, 7) is 8.03. The molecule has 2 heteroatoms. The van der Waals surface area contributed by atoms with Gasteiger partial charge in [-0.1, -0.05) is 0 Å². The van der Waals surface area contributed by atoms with Crippen molar-refractivity contribution < 1.29 is 5.21 Å². The van der Waals surface area contributed by atoms with Crippen molar-refractivity contribution in [1.82, 2.24) is 5.06 Å². The van der Waals surface area contributed by atoms with Crippen LogP contribution in [0.4, 0.5) is 0 Å². The molecule has 0 bridgehead atoms. The van der Waals surface area contributed by atoms with E-state index in [0.717, 1.165) is 12.8 Å². The van der Waals surface area contributed by atoms with Gasteiger partial charge in [0.25, 0.3) is 0 Å². The molecule has 0 amide bonds. The Balaban J connectivity index is 2.77. The lowest BCUT2D eigenvalue weighted by Gasteiger charge is -2.31. The first-order chi connectivity index (χ1) is 4.36. The van der Waals surface area contributed by atoms with E-state index in [-0.39, 0.29) is 11.1 Å². The van der Waals surface area contributed by atoms with E-state index >= 15 is 0 Å². The Morgan fingerprint density at radius 1 is 1.00 bits per heavy atom. The van der Waals surface area contributed by atoms with E-state index in [1.165, 1.54) is 5.06 Å². The van der Waals surface area contributed by atoms with E-state index in [1.807, 2.05) is 27.7 Å². The highest BCUT2D eigenvalue weighted by atomic mass is 16.5. The Morgan fingerprint density at radius 2 is 1.30 bits per heavy atom. The summed E-state index contributed by atoms with van der Waals surface area (Å²) in [6.07, 6.45) is 2.03. The third kappa shape index (κ3) is 1.06. The molecule has 0 aliphatic carbocycles. The van der Waals surface area contributed by atoms with Gasteiger partial charge in [-0.2, -0.15) is 0 Å². The van der Waals surface area contributed by atoms with Crippen molar-refractivity contribution in [2.24, 2.45) is 0 Å². The van der Waals surface area contributed by atoms with Crippen molar-refractivity contribution in [2.75, 3.05) is 0 Å². The molecule has 1 aliphatic rings. The molecule has 0 atom stereocenters. The average molecular weight is 142 g/mol. The molecule has 0 aromatic rings. The quantitative estimate of drug-likeness (QED) is 0.507. The van der Waals surface area contributed by atoms with Gasteiger partial charge in [0.1, 0.15) is 0 Å². The van der Waals surface area contributed by atoms with Crippen molar-refractivity contribution in [3.05, 3.63) is 0 Å². The molecule has 0 unspecified atom stereocenters. The monoisotopic (exact) mass is 142 g/mol. The molecule has 1 saturated heterocycles. The number of rotatable bonds is 0. The molecule has 59 valence electrons. The highest BCUT2D eigenvalue weighted by Gasteiger charge is 2.45. The van der Waals surface area contributed by atoms with Crippen LogP contribution in [0.5, 0.6) is 0 Å². The number of hydroxylamine groups is 2. The number of hydrogen-bond acceptors (Lipinski definition) is 1. The molecule has 1 rings (SSSR count). The third-order valence-electron chi connectivity index (χ3n) is 2.45. The van der Waals surface area contributed by atoms with Gasteiger partial charge in [0, 0.05) is 11.1 Å². The summed E-state index contributed by atoms with van der Waals surface area (Å²) in [6, 6.07) is 0. The van der Waals surface area contributed by atoms with Crippen molar-refractivity contribution in [1.29, 1.82) is 0 Å². The Kier molecular flexibility index (Phi) is 1.57. The minimum absolute atomic E-state index is 0.135. The molecule has 0 saturated carbocycles. The fraction of sp³-hybridized carbons (Fsp3) is 1.00. The lowest BCUT2D eigenvalue weighted by Crippen LogP contribution is -2.44. The molecule has 10 heavy (non-hydrogen) atoms. The maximum Gasteiger partial charge on any atom is 0.0444 e. The standard InChI is InChI=1S/C8H16NO/c1-7(2)5-6-8(3,4)9(7)10/h5-6H2,1-4H3. The minimum Gasteiger partial charge on any atom is -0.144 e. The topological polar surface area (TPSA) is 23.1 Å². The van der Waals surface area contributed by atoms with Crippen LogP contribution in [0.25, 0.3) is 0 Å². The second-order valence-electron chi connectivity index (χ2n) is 4.42. The van der Waals surface area contributed by atoms with Gasteiger partial charge in [-0.3, -0.25) is 0 Å². The predicted molar refractivity (Wildman–Crippen MR) is 39.9 cm³/mol. The second-order valence-corrected chi connectivity index (χ2v) is 4.42. The maximum absolute atomic E-state index is 11.5. The van der Waals surface area contributed by atoms with Crippen LogP contribution < -0.4 is 0 Å². The van der Waals surface area contributed by atoms with Gasteiger partial charge in [0.15, 0.2) is 0 Å². The van der Waals surface area contributed by atoms with Crippen molar-refractivity contribution >= 4 is 0 Å². The van der Waals surface area contributed by atoms with Gasteiger partial charge in [-0.15, -0.1) is 10.3 Å². The first kappa shape index (κ1) is 8.02. The van der Waals surface area contributed by atoms with Crippen LogP contribution in [0.2, 0.25) is 0 Å². The van der Waals surface area contributed by atoms with Crippen molar-refractivity contribution in [2.45, 2.75) is 51.6 Å². The molecule has 1 heterocycles. The summed E-state index contributed by atoms with van der Waals surface area (Å²) in [7, 11) is 0. The van der Waals surface area contributed by atoms with Crippen LogP contribution >= 0.6 is 0 Å².